The van der Waals surface area contributed by atoms with E-state index < -0.39 is 21.7 Å². The molecule has 1 heterocycles. The van der Waals surface area contributed by atoms with Crippen molar-refractivity contribution in [2.45, 2.75) is 11.3 Å². The van der Waals surface area contributed by atoms with Gasteiger partial charge in [-0.2, -0.15) is 4.31 Å². The molecule has 0 aromatic heterocycles. The number of halogens is 3. The summed E-state index contributed by atoms with van der Waals surface area (Å²) in [4.78, 5) is 14.1. The molecule has 1 fully saturated rings. The summed E-state index contributed by atoms with van der Waals surface area (Å²) in [6.45, 7) is 1.94. The maximum atomic E-state index is 13.8. The van der Waals surface area contributed by atoms with Crippen LogP contribution < -0.4 is 5.32 Å². The molecule has 1 amide bonds. The van der Waals surface area contributed by atoms with Gasteiger partial charge in [-0.15, -0.1) is 0 Å². The van der Waals surface area contributed by atoms with Gasteiger partial charge in [0.1, 0.15) is 11.6 Å². The van der Waals surface area contributed by atoms with Gasteiger partial charge >= 0.3 is 0 Å². The van der Waals surface area contributed by atoms with Gasteiger partial charge in [0, 0.05) is 43.6 Å². The van der Waals surface area contributed by atoms with E-state index >= 15 is 0 Å². The molecule has 0 atom stereocenters. The maximum absolute atomic E-state index is 13.8. The van der Waals surface area contributed by atoms with Crippen LogP contribution in [0.5, 0.6) is 0 Å². The Morgan fingerprint density at radius 1 is 1.03 bits per heavy atom. The van der Waals surface area contributed by atoms with Crippen molar-refractivity contribution in [1.82, 2.24) is 9.21 Å². The summed E-state index contributed by atoms with van der Waals surface area (Å²) in [7, 11) is -3.67. The highest BCUT2D eigenvalue weighted by molar-refractivity contribution is 9.10. The fourth-order valence-corrected chi connectivity index (χ4v) is 4.77. The molecule has 1 aliphatic heterocycles. The SMILES string of the molecule is O=C(CCN1CCN(S(=O)(=O)c2ccc(F)cc2)CC1)Nc1ccc(Br)cc1F. The number of nitrogens with one attached hydrogen (secondary N) is 1. The first kappa shape index (κ1) is 21.8. The number of benzene rings is 2. The van der Waals surface area contributed by atoms with Crippen molar-refractivity contribution in [3.63, 3.8) is 0 Å². The van der Waals surface area contributed by atoms with Crippen LogP contribution in [0.2, 0.25) is 0 Å². The zero-order chi connectivity index (χ0) is 21.0. The van der Waals surface area contributed by atoms with Crippen LogP contribution in [0.1, 0.15) is 6.42 Å². The minimum atomic E-state index is -3.67. The Bertz CT molecular complexity index is 979. The third-order valence-corrected chi connectivity index (χ3v) is 7.05. The van der Waals surface area contributed by atoms with E-state index in [1.165, 1.54) is 28.6 Å². The van der Waals surface area contributed by atoms with Crippen LogP contribution in [0.4, 0.5) is 14.5 Å². The van der Waals surface area contributed by atoms with Gasteiger partial charge in [-0.1, -0.05) is 15.9 Å². The van der Waals surface area contributed by atoms with Crippen LogP contribution in [0.25, 0.3) is 0 Å². The van der Waals surface area contributed by atoms with E-state index in [9.17, 15) is 22.0 Å². The fourth-order valence-electron chi connectivity index (χ4n) is 3.01. The molecular formula is C19H20BrF2N3O3S. The second-order valence-corrected chi connectivity index (χ2v) is 9.48. The summed E-state index contributed by atoms with van der Waals surface area (Å²) < 4.78 is 54.0. The Balaban J connectivity index is 1.48. The summed E-state index contributed by atoms with van der Waals surface area (Å²) in [5.74, 6) is -1.32. The number of amides is 1. The van der Waals surface area contributed by atoms with Crippen molar-refractivity contribution in [3.8, 4) is 0 Å². The van der Waals surface area contributed by atoms with Crippen molar-refractivity contribution in [3.05, 3.63) is 58.6 Å². The highest BCUT2D eigenvalue weighted by Crippen LogP contribution is 2.20. The lowest BCUT2D eigenvalue weighted by molar-refractivity contribution is -0.116. The number of hydrogen-bond donors (Lipinski definition) is 1. The molecule has 2 aromatic carbocycles. The minimum Gasteiger partial charge on any atom is -0.324 e. The van der Waals surface area contributed by atoms with E-state index in [-0.39, 0.29) is 36.0 Å². The number of carbonyl (C=O) groups is 1. The molecule has 0 saturated carbocycles. The number of sulfonamides is 1. The van der Waals surface area contributed by atoms with E-state index in [0.717, 1.165) is 12.1 Å². The lowest BCUT2D eigenvalue weighted by atomic mass is 10.2. The second kappa shape index (κ2) is 9.29. The summed E-state index contributed by atoms with van der Waals surface area (Å²) in [6, 6.07) is 9.14. The zero-order valence-electron chi connectivity index (χ0n) is 15.4. The smallest absolute Gasteiger partial charge is 0.243 e. The highest BCUT2D eigenvalue weighted by atomic mass is 79.9. The Hall–Kier alpha value is -1.88. The molecule has 6 nitrogen and oxygen atoms in total. The largest absolute Gasteiger partial charge is 0.324 e. The Morgan fingerprint density at radius 2 is 1.69 bits per heavy atom. The molecule has 156 valence electrons. The molecule has 1 aliphatic rings. The third kappa shape index (κ3) is 5.59. The van der Waals surface area contributed by atoms with Gasteiger partial charge in [0.25, 0.3) is 0 Å². The number of piperazine rings is 1. The number of nitrogens with zero attached hydrogens (tertiary/aromatic N) is 2. The molecule has 2 aromatic rings. The molecule has 0 bridgehead atoms. The first-order valence-corrected chi connectivity index (χ1v) is 11.2. The van der Waals surface area contributed by atoms with E-state index in [2.05, 4.69) is 21.2 Å². The standard InChI is InChI=1S/C19H20BrF2N3O3S/c20-14-1-6-18(17(22)13-14)23-19(26)7-8-24-9-11-25(12-10-24)29(27,28)16-4-2-15(21)3-5-16/h1-6,13H,7-12H2,(H,23,26). The number of anilines is 1. The molecule has 0 unspecified atom stereocenters. The van der Waals surface area contributed by atoms with Crippen molar-refractivity contribution < 1.29 is 22.0 Å². The quantitative estimate of drug-likeness (QED) is 0.679. The molecule has 0 radical (unpaired) electrons. The van der Waals surface area contributed by atoms with Crippen molar-refractivity contribution >= 4 is 37.5 Å². The average molecular weight is 488 g/mol. The second-order valence-electron chi connectivity index (χ2n) is 6.62. The topological polar surface area (TPSA) is 69.7 Å². The van der Waals surface area contributed by atoms with Gasteiger partial charge in [0.05, 0.1) is 10.6 Å². The van der Waals surface area contributed by atoms with Crippen LogP contribution >= 0.6 is 15.9 Å². The Labute approximate surface area is 176 Å². The highest BCUT2D eigenvalue weighted by Gasteiger charge is 2.28. The number of hydrogen-bond acceptors (Lipinski definition) is 4. The molecule has 29 heavy (non-hydrogen) atoms. The first-order valence-electron chi connectivity index (χ1n) is 8.99. The van der Waals surface area contributed by atoms with E-state index in [4.69, 9.17) is 0 Å². The van der Waals surface area contributed by atoms with Gasteiger partial charge in [-0.3, -0.25) is 4.79 Å². The third-order valence-electron chi connectivity index (χ3n) is 4.64. The fraction of sp³-hybridized carbons (Fsp3) is 0.316. The molecule has 1 N–H and O–H groups in total. The molecule has 3 rings (SSSR count). The normalized spacial score (nSPS) is 16.0. The van der Waals surface area contributed by atoms with Crippen LogP contribution in [0.15, 0.2) is 51.8 Å². The van der Waals surface area contributed by atoms with Crippen molar-refractivity contribution in [1.29, 1.82) is 0 Å². The zero-order valence-corrected chi connectivity index (χ0v) is 17.8. The molecule has 1 saturated heterocycles. The van der Waals surface area contributed by atoms with E-state index in [0.29, 0.717) is 24.1 Å². The van der Waals surface area contributed by atoms with Crippen LogP contribution in [0, 0.1) is 11.6 Å². The summed E-state index contributed by atoms with van der Waals surface area (Å²) in [5, 5.41) is 2.54. The predicted octanol–water partition coefficient (Wildman–Crippen LogP) is 3.06. The monoisotopic (exact) mass is 487 g/mol. The number of carbonyl (C=O) groups excluding carboxylic acids is 1. The van der Waals surface area contributed by atoms with Crippen molar-refractivity contribution in [2.75, 3.05) is 38.0 Å². The van der Waals surface area contributed by atoms with Gasteiger partial charge < -0.3 is 10.2 Å². The molecular weight excluding hydrogens is 468 g/mol. The predicted molar refractivity (Wildman–Crippen MR) is 109 cm³/mol. The van der Waals surface area contributed by atoms with E-state index in [1.54, 1.807) is 6.07 Å². The molecule has 0 aliphatic carbocycles. The molecule has 10 heteroatoms. The van der Waals surface area contributed by atoms with Crippen LogP contribution in [-0.2, 0) is 14.8 Å². The van der Waals surface area contributed by atoms with Crippen molar-refractivity contribution in [2.24, 2.45) is 0 Å². The van der Waals surface area contributed by atoms with Gasteiger partial charge in [-0.05, 0) is 42.5 Å². The lowest BCUT2D eigenvalue weighted by Gasteiger charge is -2.33. The average Bonchev–Trinajstić information content (AvgIpc) is 2.69. The van der Waals surface area contributed by atoms with Crippen LogP contribution in [-0.4, -0.2) is 56.3 Å². The molecule has 0 spiro atoms. The summed E-state index contributed by atoms with van der Waals surface area (Å²) in [5.41, 5.74) is 0.119. The Kier molecular flexibility index (Phi) is 6.99. The van der Waals surface area contributed by atoms with Gasteiger partial charge in [0.2, 0.25) is 15.9 Å². The van der Waals surface area contributed by atoms with Crippen LogP contribution in [0.3, 0.4) is 0 Å². The van der Waals surface area contributed by atoms with Gasteiger partial charge in [0.15, 0.2) is 0 Å². The first-order chi connectivity index (χ1) is 13.8. The maximum Gasteiger partial charge on any atom is 0.243 e. The van der Waals surface area contributed by atoms with E-state index in [1.807, 2.05) is 4.90 Å². The van der Waals surface area contributed by atoms with Gasteiger partial charge in [-0.25, -0.2) is 17.2 Å². The summed E-state index contributed by atoms with van der Waals surface area (Å²) in [6.07, 6.45) is 0.167. The minimum absolute atomic E-state index is 0.0586. The lowest BCUT2D eigenvalue weighted by Crippen LogP contribution is -2.49. The number of rotatable bonds is 6. The summed E-state index contributed by atoms with van der Waals surface area (Å²) >= 11 is 3.16. The Morgan fingerprint density at radius 3 is 2.31 bits per heavy atom.